The molecule has 0 spiro atoms. The van der Waals surface area contributed by atoms with E-state index in [2.05, 4.69) is 0 Å². The molecule has 1 aromatic carbocycles. The van der Waals surface area contributed by atoms with E-state index in [1.165, 1.54) is 19.2 Å². The minimum atomic E-state index is -4.36. The van der Waals surface area contributed by atoms with Gasteiger partial charge in [0.1, 0.15) is 5.75 Å². The molecule has 0 saturated carbocycles. The van der Waals surface area contributed by atoms with Crippen molar-refractivity contribution < 1.29 is 22.6 Å². The average molecular weight is 236 g/mol. The van der Waals surface area contributed by atoms with Gasteiger partial charge in [0.2, 0.25) is 0 Å². The third kappa shape index (κ3) is 1.91. The van der Waals surface area contributed by atoms with Crippen LogP contribution in [0, 0.1) is 0 Å². The van der Waals surface area contributed by atoms with Gasteiger partial charge in [-0.15, -0.1) is 0 Å². The second kappa shape index (κ2) is 3.61. The van der Waals surface area contributed by atoms with Crippen LogP contribution in [-0.4, -0.2) is 12.7 Å². The summed E-state index contributed by atoms with van der Waals surface area (Å²) in [5, 5.41) is 0. The van der Waals surface area contributed by atoms with Crippen LogP contribution < -0.4 is 4.74 Å². The summed E-state index contributed by atoms with van der Waals surface area (Å²) in [4.78, 5) is 0.0943. The van der Waals surface area contributed by atoms with Crippen molar-refractivity contribution in [3.8, 4) is 5.75 Å². The number of rotatable bonds is 1. The summed E-state index contributed by atoms with van der Waals surface area (Å²) >= 11 is 0.925. The van der Waals surface area contributed by atoms with E-state index in [1.807, 2.05) is 0 Å². The predicted molar refractivity (Wildman–Crippen MR) is 48.7 cm³/mol. The summed E-state index contributed by atoms with van der Waals surface area (Å²) in [6, 6.07) is 3.85. The number of methoxy groups -OCH3 is 1. The Morgan fingerprint density at radius 1 is 1.40 bits per heavy atom. The molecule has 6 heteroatoms. The topological polar surface area (TPSA) is 18.5 Å². The fraction of sp³-hybridized carbons (Fsp3) is 0.333. The minimum absolute atomic E-state index is 0.0943. The van der Waals surface area contributed by atoms with Gasteiger partial charge in [-0.1, -0.05) is 6.07 Å². The fourth-order valence-electron chi connectivity index (χ4n) is 1.27. The highest BCUT2D eigenvalue weighted by molar-refractivity contribution is 8.00. The van der Waals surface area contributed by atoms with Gasteiger partial charge in [0, 0.05) is 7.11 Å². The zero-order valence-corrected chi connectivity index (χ0v) is 8.48. The molecular formula is C9H7F3O2S. The first-order valence-electron chi connectivity index (χ1n) is 4.08. The Morgan fingerprint density at radius 3 is 2.73 bits per heavy atom. The Labute approximate surface area is 88.4 Å². The van der Waals surface area contributed by atoms with E-state index in [-0.39, 0.29) is 10.6 Å². The van der Waals surface area contributed by atoms with E-state index in [1.54, 1.807) is 0 Å². The third-order valence-corrected chi connectivity index (χ3v) is 3.05. The molecule has 2 nitrogen and oxygen atoms in total. The molecule has 0 N–H and O–H groups in total. The highest BCUT2D eigenvalue weighted by Gasteiger charge is 2.38. The smallest absolute Gasteiger partial charge is 0.417 e. The summed E-state index contributed by atoms with van der Waals surface area (Å²) in [5.41, 5.74) is -1.37. The highest BCUT2D eigenvalue weighted by Crippen LogP contribution is 2.47. The molecule has 0 aromatic heterocycles. The number of hydrogen-bond acceptors (Lipinski definition) is 3. The molecule has 0 fully saturated rings. The van der Waals surface area contributed by atoms with E-state index in [9.17, 15) is 13.2 Å². The first-order chi connectivity index (χ1) is 7.02. The lowest BCUT2D eigenvalue weighted by atomic mass is 10.2. The first kappa shape index (κ1) is 10.6. The molecule has 1 unspecified atom stereocenters. The van der Waals surface area contributed by atoms with Gasteiger partial charge in [-0.3, -0.25) is 0 Å². The first-order valence-corrected chi connectivity index (χ1v) is 4.96. The van der Waals surface area contributed by atoms with E-state index in [0.717, 1.165) is 17.8 Å². The van der Waals surface area contributed by atoms with Gasteiger partial charge in [0.05, 0.1) is 10.5 Å². The zero-order valence-electron chi connectivity index (χ0n) is 7.67. The molecule has 0 radical (unpaired) electrons. The number of halogens is 3. The molecule has 1 aromatic rings. The van der Waals surface area contributed by atoms with E-state index < -0.39 is 17.4 Å². The van der Waals surface area contributed by atoms with Crippen molar-refractivity contribution in [1.82, 2.24) is 0 Å². The highest BCUT2D eigenvalue weighted by atomic mass is 32.2. The van der Waals surface area contributed by atoms with Crippen LogP contribution >= 0.6 is 11.8 Å². The molecular weight excluding hydrogens is 229 g/mol. The maximum atomic E-state index is 12.6. The zero-order chi connectivity index (χ0) is 11.1. The van der Waals surface area contributed by atoms with Crippen molar-refractivity contribution in [2.24, 2.45) is 0 Å². The molecule has 0 saturated heterocycles. The third-order valence-electron chi connectivity index (χ3n) is 1.91. The lowest BCUT2D eigenvalue weighted by molar-refractivity contribution is -0.139. The lowest BCUT2D eigenvalue weighted by Gasteiger charge is -2.08. The predicted octanol–water partition coefficient (Wildman–Crippen LogP) is 3.12. The van der Waals surface area contributed by atoms with Crippen LogP contribution in [0.1, 0.15) is 5.56 Å². The summed E-state index contributed by atoms with van der Waals surface area (Å²) in [7, 11) is 1.39. The van der Waals surface area contributed by atoms with E-state index in [4.69, 9.17) is 9.47 Å². The molecule has 1 heterocycles. The lowest BCUT2D eigenvalue weighted by Crippen LogP contribution is -2.08. The van der Waals surface area contributed by atoms with Crippen molar-refractivity contribution in [2.45, 2.75) is 16.7 Å². The maximum Gasteiger partial charge on any atom is 0.417 e. The number of benzene rings is 1. The quantitative estimate of drug-likeness (QED) is 0.746. The normalized spacial score (nSPS) is 19.9. The number of fused-ring (bicyclic) bond motifs is 1. The van der Waals surface area contributed by atoms with Gasteiger partial charge in [-0.2, -0.15) is 13.2 Å². The molecule has 1 atom stereocenters. The number of hydrogen-bond donors (Lipinski definition) is 0. The van der Waals surface area contributed by atoms with Crippen molar-refractivity contribution in [1.29, 1.82) is 0 Å². The van der Waals surface area contributed by atoms with E-state index >= 15 is 0 Å². The van der Waals surface area contributed by atoms with Gasteiger partial charge in [0.25, 0.3) is 5.62 Å². The van der Waals surface area contributed by atoms with Gasteiger partial charge in [-0.05, 0) is 23.9 Å². The van der Waals surface area contributed by atoms with Crippen LogP contribution in [0.3, 0.4) is 0 Å². The molecule has 0 amide bonds. The van der Waals surface area contributed by atoms with Crippen LogP contribution in [0.25, 0.3) is 0 Å². The summed E-state index contributed by atoms with van der Waals surface area (Å²) in [5.74, 6) is 0.224. The monoisotopic (exact) mass is 236 g/mol. The van der Waals surface area contributed by atoms with Crippen LogP contribution in [-0.2, 0) is 10.9 Å². The molecule has 82 valence electrons. The van der Waals surface area contributed by atoms with Crippen LogP contribution in [0.2, 0.25) is 0 Å². The Balaban J connectivity index is 2.42. The molecule has 0 aliphatic carbocycles. The standard InChI is InChI=1S/C9H7F3O2S/c1-13-8-14-6-4-2-3-5(7(6)15-8)9(10,11)12/h2-4,8H,1H3. The summed E-state index contributed by atoms with van der Waals surface area (Å²) in [6.45, 7) is 0. The van der Waals surface area contributed by atoms with Crippen LogP contribution in [0.5, 0.6) is 5.75 Å². The van der Waals surface area contributed by atoms with Gasteiger partial charge >= 0.3 is 6.18 Å². The van der Waals surface area contributed by atoms with Crippen molar-refractivity contribution in [3.05, 3.63) is 23.8 Å². The Kier molecular flexibility index (Phi) is 2.56. The SMILES string of the molecule is COC1Oc2cccc(C(F)(F)F)c2S1. The number of thioether (sulfide) groups is 1. The number of ether oxygens (including phenoxy) is 2. The second-order valence-corrected chi connectivity index (χ2v) is 3.92. The average Bonchev–Trinajstić information content (AvgIpc) is 2.57. The Bertz CT molecular complexity index is 378. The van der Waals surface area contributed by atoms with Crippen molar-refractivity contribution in [3.63, 3.8) is 0 Å². The largest absolute Gasteiger partial charge is 0.454 e. The molecule has 0 bridgehead atoms. The van der Waals surface area contributed by atoms with Crippen molar-refractivity contribution in [2.75, 3.05) is 7.11 Å². The fourth-order valence-corrected chi connectivity index (χ4v) is 2.26. The number of alkyl halides is 3. The van der Waals surface area contributed by atoms with Crippen molar-refractivity contribution >= 4 is 11.8 Å². The van der Waals surface area contributed by atoms with Gasteiger partial charge in [-0.25, -0.2) is 0 Å². The minimum Gasteiger partial charge on any atom is -0.454 e. The molecule has 2 rings (SSSR count). The van der Waals surface area contributed by atoms with Crippen LogP contribution in [0.4, 0.5) is 13.2 Å². The Morgan fingerprint density at radius 2 is 2.13 bits per heavy atom. The van der Waals surface area contributed by atoms with Gasteiger partial charge < -0.3 is 9.47 Å². The van der Waals surface area contributed by atoms with E-state index in [0.29, 0.717) is 0 Å². The molecule has 15 heavy (non-hydrogen) atoms. The molecule has 1 aliphatic heterocycles. The van der Waals surface area contributed by atoms with Gasteiger partial charge in [0.15, 0.2) is 0 Å². The molecule has 1 aliphatic rings. The Hall–Kier alpha value is -0.880. The van der Waals surface area contributed by atoms with Crippen LogP contribution in [0.15, 0.2) is 23.1 Å². The second-order valence-electron chi connectivity index (χ2n) is 2.89. The maximum absolute atomic E-state index is 12.6. The summed E-state index contributed by atoms with van der Waals surface area (Å²) in [6.07, 6.45) is -4.36. The summed E-state index contributed by atoms with van der Waals surface area (Å²) < 4.78 is 47.7.